The second-order valence-electron chi connectivity index (χ2n) is 3.64. The molecule has 1 fully saturated rings. The van der Waals surface area contributed by atoms with Crippen molar-refractivity contribution in [2.45, 2.75) is 32.4 Å². The highest BCUT2D eigenvalue weighted by molar-refractivity contribution is 5.83. The first-order valence-electron chi connectivity index (χ1n) is 4.77. The highest BCUT2D eigenvalue weighted by Gasteiger charge is 2.27. The van der Waals surface area contributed by atoms with Crippen LogP contribution in [0.1, 0.15) is 20.3 Å². The zero-order chi connectivity index (χ0) is 9.84. The largest absolute Gasteiger partial charge is 0.377 e. The Bertz CT molecular complexity index is 182. The molecule has 1 amide bonds. The van der Waals surface area contributed by atoms with E-state index in [1.807, 2.05) is 13.8 Å². The summed E-state index contributed by atoms with van der Waals surface area (Å²) in [5, 5.41) is 0. The third-order valence-corrected chi connectivity index (χ3v) is 2.15. The summed E-state index contributed by atoms with van der Waals surface area (Å²) in [5.74, 6) is 0.0624. The first kappa shape index (κ1) is 10.5. The molecule has 0 spiro atoms. The molecule has 0 aromatic rings. The first-order valence-corrected chi connectivity index (χ1v) is 4.77. The van der Waals surface area contributed by atoms with Crippen molar-refractivity contribution in [1.29, 1.82) is 0 Å². The summed E-state index contributed by atoms with van der Waals surface area (Å²) < 4.78 is 5.35. The number of nitrogens with two attached hydrogens (primary N) is 1. The highest BCUT2D eigenvalue weighted by atomic mass is 16.5. The quantitative estimate of drug-likeness (QED) is 0.671. The average molecular weight is 186 g/mol. The van der Waals surface area contributed by atoms with E-state index in [2.05, 4.69) is 0 Å². The van der Waals surface area contributed by atoms with E-state index < -0.39 is 0 Å². The van der Waals surface area contributed by atoms with Crippen molar-refractivity contribution in [1.82, 2.24) is 4.90 Å². The van der Waals surface area contributed by atoms with Gasteiger partial charge in [-0.15, -0.1) is 0 Å². The molecule has 0 saturated carbocycles. The summed E-state index contributed by atoms with van der Waals surface area (Å²) in [6.45, 7) is 6.03. The first-order chi connectivity index (χ1) is 6.11. The van der Waals surface area contributed by atoms with Crippen molar-refractivity contribution in [2.75, 3.05) is 19.7 Å². The lowest BCUT2D eigenvalue weighted by Crippen LogP contribution is -2.36. The molecule has 1 saturated heterocycles. The zero-order valence-electron chi connectivity index (χ0n) is 8.32. The number of nitrogens with zero attached hydrogens (tertiary/aromatic N) is 1. The van der Waals surface area contributed by atoms with Gasteiger partial charge in [-0.25, -0.2) is 0 Å². The minimum Gasteiger partial charge on any atom is -0.377 e. The molecule has 1 atom stereocenters. The molecule has 13 heavy (non-hydrogen) atoms. The standard InChI is InChI=1S/C9H18N2O2/c1-7(2)13-6-5-11-4-3-8(10)9(11)12/h7-8H,3-6,10H2,1-2H3. The minimum absolute atomic E-state index is 0.0624. The maximum absolute atomic E-state index is 11.3. The van der Waals surface area contributed by atoms with E-state index in [0.717, 1.165) is 13.0 Å². The Labute approximate surface area is 79.0 Å². The van der Waals surface area contributed by atoms with E-state index in [-0.39, 0.29) is 18.1 Å². The molecule has 4 nitrogen and oxygen atoms in total. The summed E-state index contributed by atoms with van der Waals surface area (Å²) in [7, 11) is 0. The highest BCUT2D eigenvalue weighted by Crippen LogP contribution is 2.08. The average Bonchev–Trinajstić information content (AvgIpc) is 2.35. The lowest BCUT2D eigenvalue weighted by Gasteiger charge is -2.16. The van der Waals surface area contributed by atoms with Crippen LogP contribution in [0.2, 0.25) is 0 Å². The number of rotatable bonds is 4. The van der Waals surface area contributed by atoms with Crippen molar-refractivity contribution in [3.63, 3.8) is 0 Å². The summed E-state index contributed by atoms with van der Waals surface area (Å²) in [6, 6.07) is -0.279. The van der Waals surface area contributed by atoms with E-state index in [9.17, 15) is 4.79 Å². The Morgan fingerprint density at radius 1 is 1.69 bits per heavy atom. The lowest BCUT2D eigenvalue weighted by atomic mass is 10.3. The molecule has 1 aliphatic rings. The molecule has 0 aliphatic carbocycles. The van der Waals surface area contributed by atoms with E-state index in [1.165, 1.54) is 0 Å². The van der Waals surface area contributed by atoms with Crippen LogP contribution in [0.4, 0.5) is 0 Å². The number of hydrogen-bond acceptors (Lipinski definition) is 3. The molecule has 76 valence electrons. The number of carbonyl (C=O) groups excluding carboxylic acids is 1. The Hall–Kier alpha value is -0.610. The number of amides is 1. The van der Waals surface area contributed by atoms with Crippen LogP contribution in [0, 0.1) is 0 Å². The lowest BCUT2D eigenvalue weighted by molar-refractivity contribution is -0.129. The molecule has 0 bridgehead atoms. The van der Waals surface area contributed by atoms with Gasteiger partial charge in [0.2, 0.25) is 5.91 Å². The molecule has 1 heterocycles. The van der Waals surface area contributed by atoms with Gasteiger partial charge in [-0.2, -0.15) is 0 Å². The van der Waals surface area contributed by atoms with Crippen molar-refractivity contribution < 1.29 is 9.53 Å². The van der Waals surface area contributed by atoms with Crippen LogP contribution in [0.3, 0.4) is 0 Å². The Morgan fingerprint density at radius 2 is 2.38 bits per heavy atom. The zero-order valence-corrected chi connectivity index (χ0v) is 8.32. The van der Waals surface area contributed by atoms with Crippen LogP contribution in [-0.2, 0) is 9.53 Å². The smallest absolute Gasteiger partial charge is 0.239 e. The van der Waals surface area contributed by atoms with Crippen molar-refractivity contribution >= 4 is 5.91 Å². The molecule has 1 rings (SSSR count). The monoisotopic (exact) mass is 186 g/mol. The van der Waals surface area contributed by atoms with Gasteiger partial charge in [0, 0.05) is 13.1 Å². The maximum Gasteiger partial charge on any atom is 0.239 e. The Kier molecular flexibility index (Phi) is 3.69. The summed E-state index contributed by atoms with van der Waals surface area (Å²) >= 11 is 0. The van der Waals surface area contributed by atoms with Gasteiger partial charge in [-0.3, -0.25) is 4.79 Å². The van der Waals surface area contributed by atoms with Gasteiger partial charge in [0.1, 0.15) is 0 Å². The fraction of sp³-hybridized carbons (Fsp3) is 0.889. The summed E-state index contributed by atoms with van der Waals surface area (Å²) in [4.78, 5) is 13.1. The van der Waals surface area contributed by atoms with Crippen LogP contribution in [0.5, 0.6) is 0 Å². The van der Waals surface area contributed by atoms with Gasteiger partial charge in [0.25, 0.3) is 0 Å². The second kappa shape index (κ2) is 4.58. The van der Waals surface area contributed by atoms with Gasteiger partial charge >= 0.3 is 0 Å². The van der Waals surface area contributed by atoms with E-state index in [1.54, 1.807) is 4.90 Å². The molecule has 0 aromatic heterocycles. The van der Waals surface area contributed by atoms with Crippen LogP contribution in [0.15, 0.2) is 0 Å². The normalized spacial score (nSPS) is 23.2. The second-order valence-corrected chi connectivity index (χ2v) is 3.64. The molecule has 0 radical (unpaired) electrons. The topological polar surface area (TPSA) is 55.6 Å². The Balaban J connectivity index is 2.19. The van der Waals surface area contributed by atoms with Gasteiger partial charge in [0.15, 0.2) is 0 Å². The van der Waals surface area contributed by atoms with Crippen LogP contribution >= 0.6 is 0 Å². The summed E-state index contributed by atoms with van der Waals surface area (Å²) in [6.07, 6.45) is 1.01. The van der Waals surface area contributed by atoms with Crippen molar-refractivity contribution in [3.05, 3.63) is 0 Å². The molecular weight excluding hydrogens is 168 g/mol. The SMILES string of the molecule is CC(C)OCCN1CCC(N)C1=O. The van der Waals surface area contributed by atoms with Crippen LogP contribution in [0.25, 0.3) is 0 Å². The number of hydrogen-bond donors (Lipinski definition) is 1. The fourth-order valence-electron chi connectivity index (χ4n) is 1.38. The van der Waals surface area contributed by atoms with Crippen molar-refractivity contribution in [2.24, 2.45) is 5.73 Å². The molecular formula is C9H18N2O2. The summed E-state index contributed by atoms with van der Waals surface area (Å²) in [5.41, 5.74) is 5.57. The fourth-order valence-corrected chi connectivity index (χ4v) is 1.38. The van der Waals surface area contributed by atoms with E-state index in [4.69, 9.17) is 10.5 Å². The van der Waals surface area contributed by atoms with Crippen LogP contribution in [-0.4, -0.2) is 42.6 Å². The third-order valence-electron chi connectivity index (χ3n) is 2.15. The maximum atomic E-state index is 11.3. The molecule has 1 unspecified atom stereocenters. The van der Waals surface area contributed by atoms with Crippen molar-refractivity contribution in [3.8, 4) is 0 Å². The minimum atomic E-state index is -0.279. The van der Waals surface area contributed by atoms with Gasteiger partial charge in [-0.05, 0) is 20.3 Å². The third kappa shape index (κ3) is 2.97. The van der Waals surface area contributed by atoms with E-state index in [0.29, 0.717) is 13.2 Å². The molecule has 1 aliphatic heterocycles. The van der Waals surface area contributed by atoms with E-state index >= 15 is 0 Å². The number of carbonyl (C=O) groups is 1. The van der Waals surface area contributed by atoms with Gasteiger partial charge < -0.3 is 15.4 Å². The van der Waals surface area contributed by atoms with Gasteiger partial charge in [0.05, 0.1) is 18.8 Å². The predicted molar refractivity (Wildman–Crippen MR) is 50.3 cm³/mol. The predicted octanol–water partition coefficient (Wildman–Crippen LogP) is -0.0290. The molecule has 2 N–H and O–H groups in total. The van der Waals surface area contributed by atoms with Crippen LogP contribution < -0.4 is 5.73 Å². The number of ether oxygens (including phenoxy) is 1. The van der Waals surface area contributed by atoms with Gasteiger partial charge in [-0.1, -0.05) is 0 Å². The number of likely N-dealkylation sites (tertiary alicyclic amines) is 1. The molecule has 4 heteroatoms. The molecule has 0 aromatic carbocycles. The Morgan fingerprint density at radius 3 is 2.85 bits per heavy atom.